The van der Waals surface area contributed by atoms with Crippen LogP contribution in [0.15, 0.2) is 29.9 Å². The number of hydrogen-bond acceptors (Lipinski definition) is 4. The number of nitrogens with zero attached hydrogens (tertiary/aromatic N) is 2. The van der Waals surface area contributed by atoms with E-state index < -0.39 is 0 Å². The van der Waals surface area contributed by atoms with E-state index in [1.165, 1.54) is 4.88 Å². The third-order valence-electron chi connectivity index (χ3n) is 2.37. The normalized spacial score (nSPS) is 12.4. The Balaban J connectivity index is 1.92. The minimum atomic E-state index is 0.502. The van der Waals surface area contributed by atoms with Gasteiger partial charge < -0.3 is 5.32 Å². The molecule has 0 aliphatic carbocycles. The van der Waals surface area contributed by atoms with Crippen molar-refractivity contribution in [3.8, 4) is 0 Å². The first-order valence-corrected chi connectivity index (χ1v) is 6.19. The van der Waals surface area contributed by atoms with Gasteiger partial charge in [-0.25, -0.2) is 4.98 Å². The van der Waals surface area contributed by atoms with Gasteiger partial charge in [0.15, 0.2) is 0 Å². The zero-order valence-corrected chi connectivity index (χ0v) is 10.3. The predicted molar refractivity (Wildman–Crippen MR) is 68.0 cm³/mol. The third kappa shape index (κ3) is 2.79. The second-order valence-corrected chi connectivity index (χ2v) is 4.82. The topological polar surface area (TPSA) is 37.8 Å². The van der Waals surface area contributed by atoms with E-state index in [4.69, 9.17) is 0 Å². The van der Waals surface area contributed by atoms with Crippen LogP contribution < -0.4 is 5.32 Å². The Labute approximate surface area is 99.6 Å². The molecule has 1 unspecified atom stereocenters. The van der Waals surface area contributed by atoms with Crippen molar-refractivity contribution >= 4 is 17.2 Å². The van der Waals surface area contributed by atoms with E-state index in [0.29, 0.717) is 5.92 Å². The Morgan fingerprint density at radius 1 is 1.44 bits per heavy atom. The number of aryl methyl sites for hydroxylation is 1. The molecule has 0 fully saturated rings. The summed E-state index contributed by atoms with van der Waals surface area (Å²) in [5.41, 5.74) is 0.939. The van der Waals surface area contributed by atoms with Gasteiger partial charge in [0.25, 0.3) is 0 Å². The largest absolute Gasteiger partial charge is 0.368 e. The lowest BCUT2D eigenvalue weighted by atomic mass is 10.1. The lowest BCUT2D eigenvalue weighted by molar-refractivity contribution is 0.817. The van der Waals surface area contributed by atoms with Gasteiger partial charge in [-0.15, -0.1) is 11.3 Å². The molecule has 0 bridgehead atoms. The number of hydrogen-bond donors (Lipinski definition) is 1. The fourth-order valence-corrected chi connectivity index (χ4v) is 2.27. The summed E-state index contributed by atoms with van der Waals surface area (Å²) in [5.74, 6) is 1.35. The zero-order valence-electron chi connectivity index (χ0n) is 9.47. The molecule has 4 heteroatoms. The Morgan fingerprint density at radius 2 is 2.31 bits per heavy atom. The van der Waals surface area contributed by atoms with Crippen molar-refractivity contribution in [1.82, 2.24) is 9.97 Å². The van der Waals surface area contributed by atoms with Crippen molar-refractivity contribution in [2.45, 2.75) is 19.8 Å². The number of nitrogens with one attached hydrogen (secondary N) is 1. The Morgan fingerprint density at radius 3 is 3.00 bits per heavy atom. The van der Waals surface area contributed by atoms with Gasteiger partial charge in [-0.1, -0.05) is 13.0 Å². The number of rotatable bonds is 4. The van der Waals surface area contributed by atoms with E-state index >= 15 is 0 Å². The van der Waals surface area contributed by atoms with Crippen LogP contribution in [0.3, 0.4) is 0 Å². The quantitative estimate of drug-likeness (QED) is 0.882. The van der Waals surface area contributed by atoms with Crippen molar-refractivity contribution < 1.29 is 0 Å². The standard InChI is InChI=1S/C12H15N3S/c1-9(11-4-3-5-16-11)6-14-12-8-13-7-10(2)15-12/h3-5,7-9H,6H2,1-2H3,(H,14,15). The number of anilines is 1. The van der Waals surface area contributed by atoms with Gasteiger partial charge in [0, 0.05) is 23.5 Å². The van der Waals surface area contributed by atoms with Gasteiger partial charge in [0.1, 0.15) is 5.82 Å². The maximum atomic E-state index is 4.36. The third-order valence-corrected chi connectivity index (χ3v) is 3.48. The summed E-state index contributed by atoms with van der Waals surface area (Å²) in [6.07, 6.45) is 3.52. The summed E-state index contributed by atoms with van der Waals surface area (Å²) < 4.78 is 0. The van der Waals surface area contributed by atoms with Crippen LogP contribution >= 0.6 is 11.3 Å². The highest BCUT2D eigenvalue weighted by atomic mass is 32.1. The lowest BCUT2D eigenvalue weighted by Gasteiger charge is -2.11. The van der Waals surface area contributed by atoms with Gasteiger partial charge in [0.05, 0.1) is 11.9 Å². The first-order chi connectivity index (χ1) is 7.75. The molecule has 84 valence electrons. The van der Waals surface area contributed by atoms with Crippen LogP contribution in [0.5, 0.6) is 0 Å². The van der Waals surface area contributed by atoms with Crippen LogP contribution in [0.2, 0.25) is 0 Å². The number of aromatic nitrogens is 2. The van der Waals surface area contributed by atoms with Gasteiger partial charge in [-0.3, -0.25) is 4.98 Å². The average molecular weight is 233 g/mol. The van der Waals surface area contributed by atoms with E-state index in [1.54, 1.807) is 23.7 Å². The first kappa shape index (κ1) is 11.1. The summed E-state index contributed by atoms with van der Waals surface area (Å²) in [6, 6.07) is 4.25. The second kappa shape index (κ2) is 5.07. The van der Waals surface area contributed by atoms with Gasteiger partial charge in [0.2, 0.25) is 0 Å². The highest BCUT2D eigenvalue weighted by Crippen LogP contribution is 2.20. The fraction of sp³-hybridized carbons (Fsp3) is 0.333. The summed E-state index contributed by atoms with van der Waals surface area (Å²) in [5, 5.41) is 5.42. The van der Waals surface area contributed by atoms with Crippen LogP contribution in [0.25, 0.3) is 0 Å². The van der Waals surface area contributed by atoms with Crippen molar-refractivity contribution in [2.24, 2.45) is 0 Å². The summed E-state index contributed by atoms with van der Waals surface area (Å²) in [6.45, 7) is 5.04. The molecule has 0 saturated heterocycles. The van der Waals surface area contributed by atoms with E-state index in [1.807, 2.05) is 6.92 Å². The molecule has 2 rings (SSSR count). The molecule has 0 aliphatic heterocycles. The molecule has 1 N–H and O–H groups in total. The molecule has 2 heterocycles. The van der Waals surface area contributed by atoms with Crippen LogP contribution in [0, 0.1) is 6.92 Å². The Bertz CT molecular complexity index is 439. The van der Waals surface area contributed by atoms with Crippen molar-refractivity contribution in [2.75, 3.05) is 11.9 Å². The predicted octanol–water partition coefficient (Wildman–Crippen LogP) is 3.06. The molecule has 0 spiro atoms. The van der Waals surface area contributed by atoms with E-state index in [9.17, 15) is 0 Å². The van der Waals surface area contributed by atoms with E-state index in [2.05, 4.69) is 39.7 Å². The van der Waals surface area contributed by atoms with Crippen LogP contribution in [-0.4, -0.2) is 16.5 Å². The minimum absolute atomic E-state index is 0.502. The molecule has 0 saturated carbocycles. The van der Waals surface area contributed by atoms with Crippen LogP contribution in [0.4, 0.5) is 5.82 Å². The Kier molecular flexibility index (Phi) is 3.51. The zero-order chi connectivity index (χ0) is 11.4. The molecule has 2 aromatic rings. The summed E-state index contributed by atoms with van der Waals surface area (Å²) in [7, 11) is 0. The fourth-order valence-electron chi connectivity index (χ4n) is 1.48. The molecule has 16 heavy (non-hydrogen) atoms. The van der Waals surface area contributed by atoms with E-state index in [-0.39, 0.29) is 0 Å². The summed E-state index contributed by atoms with van der Waals surface area (Å²) >= 11 is 1.79. The molecular weight excluding hydrogens is 218 g/mol. The highest BCUT2D eigenvalue weighted by Gasteiger charge is 2.06. The molecule has 0 aromatic carbocycles. The average Bonchev–Trinajstić information content (AvgIpc) is 2.79. The second-order valence-electron chi connectivity index (χ2n) is 3.84. The molecule has 1 atom stereocenters. The van der Waals surface area contributed by atoms with Crippen molar-refractivity contribution in [1.29, 1.82) is 0 Å². The smallest absolute Gasteiger partial charge is 0.144 e. The summed E-state index contributed by atoms with van der Waals surface area (Å²) in [4.78, 5) is 9.86. The maximum Gasteiger partial charge on any atom is 0.144 e. The highest BCUT2D eigenvalue weighted by molar-refractivity contribution is 7.10. The van der Waals surface area contributed by atoms with Gasteiger partial charge in [-0.2, -0.15) is 0 Å². The molecule has 0 aliphatic rings. The molecular formula is C12H15N3S. The van der Waals surface area contributed by atoms with Crippen LogP contribution in [0.1, 0.15) is 23.4 Å². The first-order valence-electron chi connectivity index (χ1n) is 5.31. The minimum Gasteiger partial charge on any atom is -0.368 e. The van der Waals surface area contributed by atoms with Crippen LogP contribution in [-0.2, 0) is 0 Å². The van der Waals surface area contributed by atoms with Crippen molar-refractivity contribution in [3.63, 3.8) is 0 Å². The van der Waals surface area contributed by atoms with Gasteiger partial charge in [-0.05, 0) is 18.4 Å². The van der Waals surface area contributed by atoms with Crippen molar-refractivity contribution in [3.05, 3.63) is 40.5 Å². The molecule has 3 nitrogen and oxygen atoms in total. The maximum absolute atomic E-state index is 4.36. The monoisotopic (exact) mass is 233 g/mol. The molecule has 0 amide bonds. The lowest BCUT2D eigenvalue weighted by Crippen LogP contribution is -2.10. The number of thiophene rings is 1. The Hall–Kier alpha value is -1.42. The van der Waals surface area contributed by atoms with E-state index in [0.717, 1.165) is 18.1 Å². The molecule has 2 aromatic heterocycles. The van der Waals surface area contributed by atoms with Gasteiger partial charge >= 0.3 is 0 Å². The SMILES string of the molecule is Cc1cncc(NCC(C)c2cccs2)n1. The molecule has 0 radical (unpaired) electrons.